The van der Waals surface area contributed by atoms with Crippen molar-refractivity contribution in [3.8, 4) is 0 Å². The van der Waals surface area contributed by atoms with Crippen LogP contribution in [0.1, 0.15) is 37.5 Å². The smallest absolute Gasteiger partial charge is 0.165 e. The molecule has 0 unspecified atom stereocenters. The molecule has 36 heavy (non-hydrogen) atoms. The Morgan fingerprint density at radius 3 is 2.83 bits per heavy atom. The van der Waals surface area contributed by atoms with E-state index in [1.54, 1.807) is 6.33 Å². The number of H-pyrrole nitrogens is 1. The molecular weight excluding hydrogens is 524 g/mol. The maximum absolute atomic E-state index is 10.8. The number of nitrogens with one attached hydrogen (secondary N) is 1. The number of aliphatic hydroxyl groups excluding tert-OH is 2. The van der Waals surface area contributed by atoms with Gasteiger partial charge in [0, 0.05) is 29.4 Å². The number of halogens is 1. The topological polar surface area (TPSA) is 142 Å². The van der Waals surface area contributed by atoms with Crippen molar-refractivity contribution in [1.29, 1.82) is 0 Å². The molecule has 2 aliphatic rings. The molecule has 4 atom stereocenters. The van der Waals surface area contributed by atoms with E-state index in [9.17, 15) is 10.2 Å². The highest BCUT2D eigenvalue weighted by molar-refractivity contribution is 9.10. The van der Waals surface area contributed by atoms with Crippen molar-refractivity contribution in [2.24, 2.45) is 11.8 Å². The van der Waals surface area contributed by atoms with E-state index in [1.807, 2.05) is 16.7 Å². The van der Waals surface area contributed by atoms with Crippen molar-refractivity contribution in [3.63, 3.8) is 0 Å². The minimum absolute atomic E-state index is 0.0273. The zero-order chi connectivity index (χ0) is 25.0. The number of aromatic amines is 1. The van der Waals surface area contributed by atoms with Gasteiger partial charge in [0.15, 0.2) is 11.5 Å². The highest BCUT2D eigenvalue weighted by atomic mass is 79.9. The fourth-order valence-corrected chi connectivity index (χ4v) is 6.32. The highest BCUT2D eigenvalue weighted by Gasteiger charge is 2.44. The Hall–Kier alpha value is -2.60. The van der Waals surface area contributed by atoms with Gasteiger partial charge < -0.3 is 30.4 Å². The summed E-state index contributed by atoms with van der Waals surface area (Å²) in [6.45, 7) is 0.744. The van der Waals surface area contributed by atoms with E-state index in [1.165, 1.54) is 6.33 Å². The van der Waals surface area contributed by atoms with Crippen LogP contribution in [0.25, 0.3) is 22.2 Å². The lowest BCUT2D eigenvalue weighted by Gasteiger charge is -2.42. The van der Waals surface area contributed by atoms with E-state index in [-0.39, 0.29) is 12.0 Å². The summed E-state index contributed by atoms with van der Waals surface area (Å²) < 4.78 is 2.87. The minimum Gasteiger partial charge on any atom is -0.390 e. The number of aliphatic hydroxyl groups is 2. The first-order valence-electron chi connectivity index (χ1n) is 12.5. The number of fused-ring (bicyclic) bond motifs is 2. The summed E-state index contributed by atoms with van der Waals surface area (Å²) in [5, 5.41) is 21.7. The lowest BCUT2D eigenvalue weighted by molar-refractivity contribution is -0.00662. The summed E-state index contributed by atoms with van der Waals surface area (Å²) in [6, 6.07) is 6.34. The molecule has 5 N–H and O–H groups in total. The second kappa shape index (κ2) is 9.37. The maximum atomic E-state index is 10.8. The van der Waals surface area contributed by atoms with Gasteiger partial charge in [-0.2, -0.15) is 0 Å². The summed E-state index contributed by atoms with van der Waals surface area (Å²) >= 11 is 3.51. The third-order valence-corrected chi connectivity index (χ3v) is 8.65. The molecule has 2 fully saturated rings. The molecule has 3 aromatic heterocycles. The molecule has 2 saturated carbocycles. The van der Waals surface area contributed by atoms with Gasteiger partial charge in [0.05, 0.1) is 29.5 Å². The second-order valence-electron chi connectivity index (χ2n) is 10.4. The van der Waals surface area contributed by atoms with Gasteiger partial charge >= 0.3 is 0 Å². The van der Waals surface area contributed by atoms with Crippen molar-refractivity contribution in [2.45, 2.75) is 56.4 Å². The number of aryl methyl sites for hydroxylation is 1. The molecule has 3 heterocycles. The molecule has 0 saturated heterocycles. The van der Waals surface area contributed by atoms with Gasteiger partial charge in [0.2, 0.25) is 0 Å². The fourth-order valence-electron chi connectivity index (χ4n) is 5.97. The number of nitrogens with zero attached hydrogens (tertiary/aromatic N) is 6. The van der Waals surface area contributed by atoms with Crippen molar-refractivity contribution in [2.75, 3.05) is 19.3 Å². The Morgan fingerprint density at radius 2 is 2.00 bits per heavy atom. The summed E-state index contributed by atoms with van der Waals surface area (Å²) in [5.41, 5.74) is 9.11. The molecule has 1 aromatic carbocycles. The molecule has 0 radical (unpaired) electrons. The van der Waals surface area contributed by atoms with Crippen molar-refractivity contribution < 1.29 is 10.2 Å². The Kier molecular flexibility index (Phi) is 6.19. The first-order chi connectivity index (χ1) is 17.4. The van der Waals surface area contributed by atoms with E-state index < -0.39 is 12.2 Å². The number of rotatable bonds is 7. The molecule has 11 heteroatoms. The van der Waals surface area contributed by atoms with E-state index in [0.29, 0.717) is 35.4 Å². The molecule has 190 valence electrons. The van der Waals surface area contributed by atoms with Gasteiger partial charge in [0.25, 0.3) is 0 Å². The number of nitrogens with two attached hydrogens (primary N) is 1. The van der Waals surface area contributed by atoms with Crippen molar-refractivity contribution in [1.82, 2.24) is 34.4 Å². The van der Waals surface area contributed by atoms with Gasteiger partial charge in [-0.1, -0.05) is 15.9 Å². The molecule has 0 amide bonds. The van der Waals surface area contributed by atoms with Gasteiger partial charge in [-0.25, -0.2) is 19.9 Å². The molecule has 4 aromatic rings. The van der Waals surface area contributed by atoms with Crippen LogP contribution in [0.5, 0.6) is 0 Å². The normalized spacial score (nSPS) is 28.4. The lowest BCUT2D eigenvalue weighted by atomic mass is 9.76. The number of hydrogen-bond acceptors (Lipinski definition) is 8. The van der Waals surface area contributed by atoms with Crippen LogP contribution in [0.3, 0.4) is 0 Å². The van der Waals surface area contributed by atoms with Gasteiger partial charge in [0.1, 0.15) is 23.8 Å². The van der Waals surface area contributed by atoms with E-state index >= 15 is 0 Å². The number of aromatic nitrogens is 6. The number of anilines is 1. The quantitative estimate of drug-likeness (QED) is 0.273. The third-order valence-electron chi connectivity index (χ3n) is 8.16. The number of nitrogen functional groups attached to an aromatic ring is 1. The Bertz CT molecular complexity index is 1380. The number of imidazole rings is 2. The summed E-state index contributed by atoms with van der Waals surface area (Å²) in [6.07, 6.45) is 6.40. The van der Waals surface area contributed by atoms with Crippen LogP contribution in [0.2, 0.25) is 0 Å². The first-order valence-corrected chi connectivity index (χ1v) is 13.3. The lowest BCUT2D eigenvalue weighted by Crippen LogP contribution is -2.46. The van der Waals surface area contributed by atoms with Crippen molar-refractivity contribution >= 4 is 43.9 Å². The second-order valence-corrected chi connectivity index (χ2v) is 11.4. The summed E-state index contributed by atoms with van der Waals surface area (Å²) in [4.78, 5) is 23.1. The largest absolute Gasteiger partial charge is 0.390 e. The fraction of sp³-hybridized carbons (Fsp3) is 0.520. The zero-order valence-electron chi connectivity index (χ0n) is 20.1. The zero-order valence-corrected chi connectivity index (χ0v) is 21.7. The van der Waals surface area contributed by atoms with E-state index in [4.69, 9.17) is 10.7 Å². The van der Waals surface area contributed by atoms with Crippen LogP contribution >= 0.6 is 15.9 Å². The van der Waals surface area contributed by atoms with E-state index in [2.05, 4.69) is 53.9 Å². The van der Waals surface area contributed by atoms with Gasteiger partial charge in [-0.3, -0.25) is 0 Å². The average molecular weight is 555 g/mol. The van der Waals surface area contributed by atoms with Crippen LogP contribution in [0.4, 0.5) is 5.82 Å². The van der Waals surface area contributed by atoms with E-state index in [0.717, 1.165) is 53.6 Å². The minimum atomic E-state index is -0.879. The Labute approximate surface area is 217 Å². The Morgan fingerprint density at radius 1 is 1.17 bits per heavy atom. The monoisotopic (exact) mass is 554 g/mol. The standard InChI is InChI=1S/C25H31BrN8O2/c1-33(16-6-13(7-16)2-5-20-31-17-4-3-15(26)9-18(17)32-20)10-14-8-19(23(36)22(14)35)34-12-30-21-24(27)28-11-29-25(21)34/h3-4,9,11-14,16,19,22-23,35-36H,2,5-8,10H2,1H3,(H,31,32)(H2,27,28,29)/t13?,14-,16?,19-,22-,23+/m1/s1. The third kappa shape index (κ3) is 4.27. The molecule has 0 aliphatic heterocycles. The molecule has 6 rings (SSSR count). The maximum Gasteiger partial charge on any atom is 0.165 e. The number of benzene rings is 1. The first kappa shape index (κ1) is 23.8. The summed E-state index contributed by atoms with van der Waals surface area (Å²) in [7, 11) is 2.13. The van der Waals surface area contributed by atoms with Crippen LogP contribution < -0.4 is 5.73 Å². The molecule has 2 aliphatic carbocycles. The summed E-state index contributed by atoms with van der Waals surface area (Å²) in [5.74, 6) is 2.02. The predicted octanol–water partition coefficient (Wildman–Crippen LogP) is 2.67. The molecule has 0 bridgehead atoms. The average Bonchev–Trinajstić information content (AvgIpc) is 3.50. The highest BCUT2D eigenvalue weighted by Crippen LogP contribution is 2.40. The van der Waals surface area contributed by atoms with Crippen molar-refractivity contribution in [3.05, 3.63) is 41.2 Å². The Balaban J connectivity index is 1.02. The SMILES string of the molecule is CN(C[C@H]1C[C@@H](n2cnc3c(N)ncnc32)[C@H](O)[C@@H]1O)C1CC(CCc2nc3cc(Br)ccc3[nH]2)C1. The van der Waals surface area contributed by atoms with Gasteiger partial charge in [-0.05, 0) is 56.8 Å². The number of hydrogen-bond donors (Lipinski definition) is 4. The van der Waals surface area contributed by atoms with Gasteiger partial charge in [-0.15, -0.1) is 0 Å². The van der Waals surface area contributed by atoms with Crippen LogP contribution in [0.15, 0.2) is 35.3 Å². The predicted molar refractivity (Wildman–Crippen MR) is 140 cm³/mol. The molecular formula is C25H31BrN8O2. The van der Waals surface area contributed by atoms with Crippen LogP contribution in [0, 0.1) is 11.8 Å². The molecule has 10 nitrogen and oxygen atoms in total. The van der Waals surface area contributed by atoms with Crippen LogP contribution in [-0.4, -0.2) is 76.4 Å². The molecule has 0 spiro atoms. The van der Waals surface area contributed by atoms with Crippen LogP contribution in [-0.2, 0) is 6.42 Å².